The monoisotopic (exact) mass is 434 g/mol. The molecule has 13 heteroatoms. The van der Waals surface area contributed by atoms with Gasteiger partial charge in [-0.3, -0.25) is 9.69 Å². The molecule has 12 nitrogen and oxygen atoms in total. The largest absolute Gasteiger partial charge is 0.445 e. The number of tetrazole rings is 1. The molecular formula is C17H18N6O6S. The Hall–Kier alpha value is -3.32. The molecule has 0 spiro atoms. The highest BCUT2D eigenvalue weighted by Crippen LogP contribution is 2.40. The number of amides is 2. The van der Waals surface area contributed by atoms with Gasteiger partial charge in [0.1, 0.15) is 6.61 Å². The molecule has 2 atom stereocenters. The van der Waals surface area contributed by atoms with Crippen molar-refractivity contribution >= 4 is 27.5 Å². The molecule has 0 bridgehead atoms. The maximum absolute atomic E-state index is 12.7. The van der Waals surface area contributed by atoms with Crippen molar-refractivity contribution in [2.45, 2.75) is 18.0 Å². The molecule has 2 aliphatic rings. The van der Waals surface area contributed by atoms with E-state index in [4.69, 9.17) is 9.47 Å². The molecular weight excluding hydrogens is 416 g/mol. The van der Waals surface area contributed by atoms with Crippen molar-refractivity contribution in [3.05, 3.63) is 47.3 Å². The molecule has 1 aromatic carbocycles. The van der Waals surface area contributed by atoms with Crippen molar-refractivity contribution in [2.75, 3.05) is 19.5 Å². The summed E-state index contributed by atoms with van der Waals surface area (Å²) in [6.45, 7) is -0.116. The minimum absolute atomic E-state index is 0.0288. The number of β-lactam (4-membered cyclic amide) rings is 1. The number of H-pyrrole nitrogens is 1. The SMILES string of the molecule is CO[C@H]1C(=O)N2C(c3nn[nH]n3)=C(COC(=O)NCc3ccccc3)CS(=O)(=O)[C@H]12. The number of methoxy groups -OCH3 is 1. The zero-order valence-corrected chi connectivity index (χ0v) is 16.6. The number of nitrogens with one attached hydrogen (secondary N) is 2. The number of rotatable bonds is 6. The molecule has 0 saturated carbocycles. The summed E-state index contributed by atoms with van der Waals surface area (Å²) in [5.41, 5.74) is 1.20. The summed E-state index contributed by atoms with van der Waals surface area (Å²) in [4.78, 5) is 25.6. The molecule has 4 rings (SSSR count). The number of aromatic amines is 1. The average molecular weight is 434 g/mol. The van der Waals surface area contributed by atoms with Crippen LogP contribution in [0.4, 0.5) is 4.79 Å². The Morgan fingerprint density at radius 3 is 2.77 bits per heavy atom. The van der Waals surface area contributed by atoms with Crippen LogP contribution in [0.2, 0.25) is 0 Å². The van der Waals surface area contributed by atoms with Gasteiger partial charge in [-0.05, 0) is 10.8 Å². The van der Waals surface area contributed by atoms with Crippen LogP contribution in [0.15, 0.2) is 35.9 Å². The van der Waals surface area contributed by atoms with Crippen LogP contribution in [-0.2, 0) is 30.7 Å². The van der Waals surface area contributed by atoms with Gasteiger partial charge in [0.15, 0.2) is 21.3 Å². The molecule has 2 aliphatic heterocycles. The fourth-order valence-corrected chi connectivity index (χ4v) is 5.43. The zero-order chi connectivity index (χ0) is 21.3. The van der Waals surface area contributed by atoms with Crippen LogP contribution >= 0.6 is 0 Å². The van der Waals surface area contributed by atoms with E-state index < -0.39 is 39.1 Å². The summed E-state index contributed by atoms with van der Waals surface area (Å²) in [6, 6.07) is 9.21. The Bertz CT molecular complexity index is 1090. The number of alkyl carbamates (subject to hydrolysis) is 1. The first-order valence-corrected chi connectivity index (χ1v) is 10.6. The average Bonchev–Trinajstić information content (AvgIpc) is 3.26. The van der Waals surface area contributed by atoms with Gasteiger partial charge in [0, 0.05) is 19.2 Å². The number of aromatic nitrogens is 4. The molecule has 2 aromatic rings. The van der Waals surface area contributed by atoms with E-state index in [1.54, 1.807) is 0 Å². The number of ether oxygens (including phenoxy) is 2. The predicted molar refractivity (Wildman–Crippen MR) is 101 cm³/mol. The quantitative estimate of drug-likeness (QED) is 0.569. The van der Waals surface area contributed by atoms with Gasteiger partial charge in [-0.25, -0.2) is 13.2 Å². The number of hydrogen-bond acceptors (Lipinski definition) is 9. The van der Waals surface area contributed by atoms with Gasteiger partial charge in [0.05, 0.1) is 11.4 Å². The lowest BCUT2D eigenvalue weighted by Crippen LogP contribution is -2.69. The molecule has 1 fully saturated rings. The second kappa shape index (κ2) is 7.84. The number of benzene rings is 1. The van der Waals surface area contributed by atoms with E-state index in [-0.39, 0.29) is 30.2 Å². The van der Waals surface area contributed by atoms with Crippen molar-refractivity contribution in [3.63, 3.8) is 0 Å². The van der Waals surface area contributed by atoms with Crippen LogP contribution in [0.25, 0.3) is 5.70 Å². The van der Waals surface area contributed by atoms with Crippen molar-refractivity contribution in [1.29, 1.82) is 0 Å². The number of nitrogens with zero attached hydrogens (tertiary/aromatic N) is 4. The van der Waals surface area contributed by atoms with Crippen LogP contribution in [0.3, 0.4) is 0 Å². The lowest BCUT2D eigenvalue weighted by molar-refractivity contribution is -0.156. The summed E-state index contributed by atoms with van der Waals surface area (Å²) in [5.74, 6) is -0.949. The van der Waals surface area contributed by atoms with Gasteiger partial charge < -0.3 is 14.8 Å². The molecule has 158 valence electrons. The Labute approximate surface area is 171 Å². The maximum Gasteiger partial charge on any atom is 0.407 e. The zero-order valence-electron chi connectivity index (χ0n) is 15.8. The minimum Gasteiger partial charge on any atom is -0.445 e. The van der Waals surface area contributed by atoms with E-state index >= 15 is 0 Å². The van der Waals surface area contributed by atoms with Gasteiger partial charge in [-0.2, -0.15) is 5.21 Å². The minimum atomic E-state index is -3.77. The highest BCUT2D eigenvalue weighted by Gasteiger charge is 2.60. The third-order valence-corrected chi connectivity index (χ3v) is 6.73. The summed E-state index contributed by atoms with van der Waals surface area (Å²) in [5, 5.41) is 14.8. The smallest absolute Gasteiger partial charge is 0.407 e. The predicted octanol–water partition coefficient (Wildman–Crippen LogP) is -0.551. The molecule has 1 aromatic heterocycles. The van der Waals surface area contributed by atoms with Crippen molar-refractivity contribution < 1.29 is 27.5 Å². The number of hydrogen-bond donors (Lipinski definition) is 2. The standard InChI is InChI=1S/C17H18N6O6S/c1-28-13-15(24)23-12(14-19-21-22-20-14)11(9-30(26,27)16(13)23)8-29-17(25)18-7-10-5-3-2-4-6-10/h2-6,13,16H,7-9H2,1H3,(H,18,25)(H,19,20,21,22)/t13-,16+/m0/s1. The lowest BCUT2D eigenvalue weighted by atomic mass is 10.1. The molecule has 0 aliphatic carbocycles. The Kier molecular flexibility index (Phi) is 5.22. The first kappa shape index (κ1) is 20.0. The van der Waals surface area contributed by atoms with Gasteiger partial charge in [-0.1, -0.05) is 30.3 Å². The third kappa shape index (κ3) is 3.52. The van der Waals surface area contributed by atoms with Crippen molar-refractivity contribution in [1.82, 2.24) is 30.8 Å². The fourth-order valence-electron chi connectivity index (χ4n) is 3.42. The Balaban J connectivity index is 1.54. The summed E-state index contributed by atoms with van der Waals surface area (Å²) in [7, 11) is -2.50. The molecule has 2 amide bonds. The fraction of sp³-hybridized carbons (Fsp3) is 0.353. The van der Waals surface area contributed by atoms with E-state index in [0.717, 1.165) is 10.5 Å². The number of sulfone groups is 1. The molecule has 2 N–H and O–H groups in total. The van der Waals surface area contributed by atoms with E-state index in [2.05, 4.69) is 25.9 Å². The number of carbonyl (C=O) groups is 2. The van der Waals surface area contributed by atoms with Crippen LogP contribution in [0.1, 0.15) is 11.4 Å². The van der Waals surface area contributed by atoms with E-state index in [0.29, 0.717) is 0 Å². The van der Waals surface area contributed by atoms with Crippen LogP contribution in [0.5, 0.6) is 0 Å². The third-order valence-electron chi connectivity index (χ3n) is 4.78. The topological polar surface area (TPSA) is 156 Å². The summed E-state index contributed by atoms with van der Waals surface area (Å²) in [6.07, 6.45) is -1.84. The first-order chi connectivity index (χ1) is 14.4. The normalized spacial score (nSPS) is 22.3. The van der Waals surface area contributed by atoms with Crippen molar-refractivity contribution in [3.8, 4) is 0 Å². The second-order valence-corrected chi connectivity index (χ2v) is 8.76. The molecule has 0 unspecified atom stereocenters. The van der Waals surface area contributed by atoms with E-state index in [1.807, 2.05) is 30.3 Å². The molecule has 0 radical (unpaired) electrons. The van der Waals surface area contributed by atoms with Crippen LogP contribution in [0, 0.1) is 0 Å². The van der Waals surface area contributed by atoms with Gasteiger partial charge in [0.2, 0.25) is 5.82 Å². The van der Waals surface area contributed by atoms with E-state index in [1.165, 1.54) is 7.11 Å². The van der Waals surface area contributed by atoms with Crippen LogP contribution < -0.4 is 5.32 Å². The Morgan fingerprint density at radius 2 is 2.10 bits per heavy atom. The number of fused-ring (bicyclic) bond motifs is 1. The molecule has 1 saturated heterocycles. The second-order valence-electron chi connectivity index (χ2n) is 6.67. The van der Waals surface area contributed by atoms with Gasteiger partial charge in [-0.15, -0.1) is 10.2 Å². The van der Waals surface area contributed by atoms with Gasteiger partial charge >= 0.3 is 6.09 Å². The highest BCUT2D eigenvalue weighted by molar-refractivity contribution is 7.92. The highest BCUT2D eigenvalue weighted by atomic mass is 32.2. The van der Waals surface area contributed by atoms with Crippen LogP contribution in [-0.4, -0.2) is 76.9 Å². The van der Waals surface area contributed by atoms with Crippen molar-refractivity contribution in [2.24, 2.45) is 0 Å². The molecule has 3 heterocycles. The summed E-state index contributed by atoms with van der Waals surface area (Å²) < 4.78 is 35.6. The summed E-state index contributed by atoms with van der Waals surface area (Å²) >= 11 is 0. The molecule has 30 heavy (non-hydrogen) atoms. The van der Waals surface area contributed by atoms with Gasteiger partial charge in [0.25, 0.3) is 5.91 Å². The van der Waals surface area contributed by atoms with E-state index in [9.17, 15) is 18.0 Å². The maximum atomic E-state index is 12.7. The lowest BCUT2D eigenvalue weighted by Gasteiger charge is -2.48. The number of carbonyl (C=O) groups excluding carboxylic acids is 2. The first-order valence-electron chi connectivity index (χ1n) is 8.90. The Morgan fingerprint density at radius 1 is 1.33 bits per heavy atom.